The predicted octanol–water partition coefficient (Wildman–Crippen LogP) is 2.40. The number of hydrogen-bond donors (Lipinski definition) is 0. The molecule has 0 aromatic heterocycles. The molecule has 1 aromatic rings. The van der Waals surface area contributed by atoms with Crippen molar-refractivity contribution < 1.29 is 14.3 Å². The zero-order valence-corrected chi connectivity index (χ0v) is 10.8. The van der Waals surface area contributed by atoms with E-state index in [9.17, 15) is 9.59 Å². The van der Waals surface area contributed by atoms with Crippen LogP contribution in [0.3, 0.4) is 0 Å². The highest BCUT2D eigenvalue weighted by molar-refractivity contribution is 9.09. The van der Waals surface area contributed by atoms with Gasteiger partial charge in [-0.25, -0.2) is 0 Å². The second-order valence-electron chi connectivity index (χ2n) is 3.27. The lowest BCUT2D eigenvalue weighted by molar-refractivity contribution is -0.112. The fourth-order valence-corrected chi connectivity index (χ4v) is 1.67. The molecule has 0 N–H and O–H groups in total. The molecule has 16 heavy (non-hydrogen) atoms. The van der Waals surface area contributed by atoms with Crippen molar-refractivity contribution in [3.63, 3.8) is 0 Å². The Labute approximate surface area is 103 Å². The average Bonchev–Trinajstić information content (AvgIpc) is 2.35. The molecule has 0 saturated heterocycles. The highest BCUT2D eigenvalue weighted by atomic mass is 79.9. The van der Waals surface area contributed by atoms with Crippen LogP contribution < -0.4 is 4.74 Å². The molecular weight excluding hydrogens is 272 g/mol. The Bertz CT molecular complexity index is 413. The Balaban J connectivity index is 3.08. The van der Waals surface area contributed by atoms with Gasteiger partial charge in [-0.05, 0) is 30.2 Å². The normalized spacial score (nSPS) is 9.94. The van der Waals surface area contributed by atoms with Crippen LogP contribution in [0, 0.1) is 0 Å². The summed E-state index contributed by atoms with van der Waals surface area (Å²) in [6, 6.07) is 5.04. The molecule has 0 fully saturated rings. The first-order valence-electron chi connectivity index (χ1n) is 4.94. The molecule has 0 aliphatic rings. The number of halogens is 1. The summed E-state index contributed by atoms with van der Waals surface area (Å²) in [6.45, 7) is 1.97. The molecule has 4 heteroatoms. The summed E-state index contributed by atoms with van der Waals surface area (Å²) in [5.41, 5.74) is 1.35. The topological polar surface area (TPSA) is 43.4 Å². The molecule has 0 unspecified atom stereocenters. The molecule has 0 amide bonds. The van der Waals surface area contributed by atoms with Gasteiger partial charge in [-0.3, -0.25) is 9.59 Å². The van der Waals surface area contributed by atoms with Gasteiger partial charge in [0.25, 0.3) is 0 Å². The van der Waals surface area contributed by atoms with Crippen LogP contribution in [0.25, 0.3) is 0 Å². The Kier molecular flexibility index (Phi) is 4.68. The SMILES string of the molecule is CCc1cc(C(=O)C(=O)CBr)ccc1OC. The first kappa shape index (κ1) is 12.9. The smallest absolute Gasteiger partial charge is 0.229 e. The summed E-state index contributed by atoms with van der Waals surface area (Å²) in [5, 5.41) is 0.0549. The molecule has 86 valence electrons. The van der Waals surface area contributed by atoms with Crippen molar-refractivity contribution in [3.05, 3.63) is 29.3 Å². The van der Waals surface area contributed by atoms with Crippen molar-refractivity contribution in [2.45, 2.75) is 13.3 Å². The number of rotatable bonds is 5. The maximum absolute atomic E-state index is 11.6. The van der Waals surface area contributed by atoms with E-state index in [1.165, 1.54) is 0 Å². The number of aryl methyl sites for hydroxylation is 1. The van der Waals surface area contributed by atoms with Crippen LogP contribution in [0.2, 0.25) is 0 Å². The zero-order valence-electron chi connectivity index (χ0n) is 9.25. The van der Waals surface area contributed by atoms with E-state index in [2.05, 4.69) is 15.9 Å². The van der Waals surface area contributed by atoms with E-state index in [-0.39, 0.29) is 5.33 Å². The average molecular weight is 285 g/mol. The zero-order chi connectivity index (χ0) is 12.1. The highest BCUT2D eigenvalue weighted by Gasteiger charge is 2.15. The monoisotopic (exact) mass is 284 g/mol. The van der Waals surface area contributed by atoms with E-state index in [0.717, 1.165) is 17.7 Å². The lowest BCUT2D eigenvalue weighted by Crippen LogP contribution is -2.15. The number of benzene rings is 1. The Hall–Kier alpha value is -1.16. The van der Waals surface area contributed by atoms with Gasteiger partial charge >= 0.3 is 0 Å². The summed E-state index contributed by atoms with van der Waals surface area (Å²) in [4.78, 5) is 22.9. The van der Waals surface area contributed by atoms with Crippen molar-refractivity contribution >= 4 is 27.5 Å². The molecule has 1 aromatic carbocycles. The number of hydrogen-bond acceptors (Lipinski definition) is 3. The number of ketones is 2. The lowest BCUT2D eigenvalue weighted by Gasteiger charge is -2.07. The minimum Gasteiger partial charge on any atom is -0.496 e. The highest BCUT2D eigenvalue weighted by Crippen LogP contribution is 2.20. The predicted molar refractivity (Wildman–Crippen MR) is 65.5 cm³/mol. The van der Waals surface area contributed by atoms with Crippen LogP contribution in [0.15, 0.2) is 18.2 Å². The third kappa shape index (κ3) is 2.70. The Morgan fingerprint density at radius 3 is 2.56 bits per heavy atom. The van der Waals surface area contributed by atoms with Crippen molar-refractivity contribution in [1.29, 1.82) is 0 Å². The maximum Gasteiger partial charge on any atom is 0.229 e. The number of methoxy groups -OCH3 is 1. The van der Waals surface area contributed by atoms with E-state index < -0.39 is 11.6 Å². The largest absolute Gasteiger partial charge is 0.496 e. The first-order chi connectivity index (χ1) is 7.63. The Morgan fingerprint density at radius 2 is 2.06 bits per heavy atom. The van der Waals surface area contributed by atoms with Crippen LogP contribution in [-0.4, -0.2) is 24.0 Å². The van der Waals surface area contributed by atoms with Gasteiger partial charge in [0.1, 0.15) is 5.75 Å². The second kappa shape index (κ2) is 5.80. The molecule has 0 bridgehead atoms. The van der Waals surface area contributed by atoms with Crippen LogP contribution >= 0.6 is 15.9 Å². The third-order valence-electron chi connectivity index (χ3n) is 2.30. The summed E-state index contributed by atoms with van der Waals surface area (Å²) in [5.74, 6) is -0.160. The van der Waals surface area contributed by atoms with Crippen LogP contribution in [0.4, 0.5) is 0 Å². The van der Waals surface area contributed by atoms with Gasteiger partial charge in [-0.1, -0.05) is 22.9 Å². The van der Waals surface area contributed by atoms with E-state index in [0.29, 0.717) is 5.56 Å². The summed E-state index contributed by atoms with van der Waals surface area (Å²) < 4.78 is 5.15. The molecule has 3 nitrogen and oxygen atoms in total. The summed E-state index contributed by atoms with van der Waals surface area (Å²) in [7, 11) is 1.58. The molecule has 0 saturated carbocycles. The Morgan fingerprint density at radius 1 is 1.38 bits per heavy atom. The molecule has 0 aliphatic carbocycles. The standard InChI is InChI=1S/C12H13BrO3/c1-3-8-6-9(4-5-11(8)16-2)12(15)10(14)7-13/h4-6H,3,7H2,1-2H3. The molecular formula is C12H13BrO3. The number of ether oxygens (including phenoxy) is 1. The van der Waals surface area contributed by atoms with E-state index in [1.54, 1.807) is 25.3 Å². The molecule has 0 aliphatic heterocycles. The van der Waals surface area contributed by atoms with Crippen molar-refractivity contribution in [2.24, 2.45) is 0 Å². The van der Waals surface area contributed by atoms with Gasteiger partial charge in [-0.2, -0.15) is 0 Å². The summed E-state index contributed by atoms with van der Waals surface area (Å²) >= 11 is 2.98. The molecule has 0 atom stereocenters. The van der Waals surface area contributed by atoms with Gasteiger partial charge < -0.3 is 4.74 Å². The third-order valence-corrected chi connectivity index (χ3v) is 2.81. The summed E-state index contributed by atoms with van der Waals surface area (Å²) in [6.07, 6.45) is 0.757. The van der Waals surface area contributed by atoms with Crippen LogP contribution in [0.1, 0.15) is 22.8 Å². The molecule has 1 rings (SSSR count). The number of carbonyl (C=O) groups excluding carboxylic acids is 2. The molecule has 0 heterocycles. The van der Waals surface area contributed by atoms with Crippen molar-refractivity contribution in [2.75, 3.05) is 12.4 Å². The van der Waals surface area contributed by atoms with Crippen molar-refractivity contribution in [1.82, 2.24) is 0 Å². The van der Waals surface area contributed by atoms with Gasteiger partial charge in [0.05, 0.1) is 12.4 Å². The first-order valence-corrected chi connectivity index (χ1v) is 6.06. The number of alkyl halides is 1. The van der Waals surface area contributed by atoms with Gasteiger partial charge in [0.2, 0.25) is 11.6 Å². The van der Waals surface area contributed by atoms with Crippen LogP contribution in [0.5, 0.6) is 5.75 Å². The quantitative estimate of drug-likeness (QED) is 0.474. The van der Waals surface area contributed by atoms with Gasteiger partial charge in [-0.15, -0.1) is 0 Å². The van der Waals surface area contributed by atoms with Crippen LogP contribution in [-0.2, 0) is 11.2 Å². The van der Waals surface area contributed by atoms with Gasteiger partial charge in [0, 0.05) is 5.56 Å². The molecule has 0 radical (unpaired) electrons. The van der Waals surface area contributed by atoms with Gasteiger partial charge in [0.15, 0.2) is 0 Å². The van der Waals surface area contributed by atoms with E-state index >= 15 is 0 Å². The van der Waals surface area contributed by atoms with Crippen molar-refractivity contribution in [3.8, 4) is 5.75 Å². The van der Waals surface area contributed by atoms with E-state index in [4.69, 9.17) is 4.74 Å². The number of carbonyl (C=O) groups is 2. The second-order valence-corrected chi connectivity index (χ2v) is 3.83. The number of Topliss-reactive ketones (excluding diaryl/α,β-unsaturated/α-hetero) is 2. The minimum absolute atomic E-state index is 0.0549. The maximum atomic E-state index is 11.6. The fraction of sp³-hybridized carbons (Fsp3) is 0.333. The fourth-order valence-electron chi connectivity index (χ4n) is 1.42. The minimum atomic E-state index is -0.464. The molecule has 0 spiro atoms. The van der Waals surface area contributed by atoms with E-state index in [1.807, 2.05) is 6.92 Å². The lowest BCUT2D eigenvalue weighted by atomic mass is 10.0.